The Morgan fingerprint density at radius 3 is 2.73 bits per heavy atom. The number of nitrogens with zero attached hydrogens (tertiary/aromatic N) is 2. The summed E-state index contributed by atoms with van der Waals surface area (Å²) in [5.74, 6) is 1.60. The van der Waals surface area contributed by atoms with E-state index >= 15 is 0 Å². The van der Waals surface area contributed by atoms with Gasteiger partial charge >= 0.3 is 0 Å². The van der Waals surface area contributed by atoms with Crippen molar-refractivity contribution in [2.75, 3.05) is 5.32 Å². The minimum Gasteiger partial charge on any atom is -0.340 e. The van der Waals surface area contributed by atoms with Crippen molar-refractivity contribution in [3.8, 4) is 0 Å². The number of rotatable bonds is 2. The zero-order valence-electron chi connectivity index (χ0n) is 8.86. The van der Waals surface area contributed by atoms with Crippen molar-refractivity contribution in [3.05, 3.63) is 47.9 Å². The molecule has 1 aromatic heterocycles. The van der Waals surface area contributed by atoms with Gasteiger partial charge in [0, 0.05) is 11.9 Å². The minimum absolute atomic E-state index is 0.771. The van der Waals surface area contributed by atoms with Crippen molar-refractivity contribution in [3.63, 3.8) is 0 Å². The molecule has 0 aliphatic heterocycles. The molecule has 0 aliphatic carbocycles. The molecule has 0 spiro atoms. The first kappa shape index (κ1) is 9.65. The van der Waals surface area contributed by atoms with Gasteiger partial charge in [0.1, 0.15) is 11.6 Å². The summed E-state index contributed by atoms with van der Waals surface area (Å²) < 4.78 is 0. The minimum atomic E-state index is 0.771. The van der Waals surface area contributed by atoms with E-state index in [1.54, 1.807) is 6.20 Å². The highest BCUT2D eigenvalue weighted by Gasteiger charge is 1.96. The predicted octanol–water partition coefficient (Wildman–Crippen LogP) is 2.84. The molecule has 0 fully saturated rings. The maximum absolute atomic E-state index is 4.28. The molecule has 0 aliphatic rings. The molecule has 0 atom stereocenters. The Morgan fingerprint density at radius 1 is 1.13 bits per heavy atom. The summed E-state index contributed by atoms with van der Waals surface area (Å²) in [5.41, 5.74) is 2.28. The monoisotopic (exact) mass is 199 g/mol. The van der Waals surface area contributed by atoms with E-state index < -0.39 is 0 Å². The first-order valence-corrected chi connectivity index (χ1v) is 4.87. The fourth-order valence-electron chi connectivity index (χ4n) is 1.40. The molecule has 0 saturated carbocycles. The molecular weight excluding hydrogens is 186 g/mol. The largest absolute Gasteiger partial charge is 0.340 e. The number of aryl methyl sites for hydroxylation is 2. The highest BCUT2D eigenvalue weighted by atomic mass is 15.0. The van der Waals surface area contributed by atoms with Crippen LogP contribution in [-0.4, -0.2) is 9.97 Å². The van der Waals surface area contributed by atoms with Gasteiger partial charge in [-0.1, -0.05) is 12.1 Å². The van der Waals surface area contributed by atoms with Gasteiger partial charge in [0.05, 0.1) is 0 Å². The number of anilines is 2. The van der Waals surface area contributed by atoms with E-state index in [0.717, 1.165) is 17.3 Å². The van der Waals surface area contributed by atoms with E-state index in [1.165, 1.54) is 5.56 Å². The zero-order valence-corrected chi connectivity index (χ0v) is 8.86. The number of nitrogens with one attached hydrogen (secondary N) is 1. The van der Waals surface area contributed by atoms with Gasteiger partial charge < -0.3 is 5.32 Å². The Bertz CT molecular complexity index is 422. The second kappa shape index (κ2) is 4.09. The fraction of sp³-hybridized carbons (Fsp3) is 0.167. The first-order valence-electron chi connectivity index (χ1n) is 4.87. The van der Waals surface area contributed by atoms with Crippen molar-refractivity contribution in [2.45, 2.75) is 13.8 Å². The van der Waals surface area contributed by atoms with Crippen LogP contribution in [0, 0.1) is 13.8 Å². The molecule has 0 bridgehead atoms. The Morgan fingerprint density at radius 2 is 2.00 bits per heavy atom. The summed E-state index contributed by atoms with van der Waals surface area (Å²) in [6.45, 7) is 3.94. The normalized spacial score (nSPS) is 10.0. The topological polar surface area (TPSA) is 37.8 Å². The lowest BCUT2D eigenvalue weighted by molar-refractivity contribution is 1.06. The second-order valence-electron chi connectivity index (χ2n) is 3.48. The van der Waals surface area contributed by atoms with Gasteiger partial charge in [0.15, 0.2) is 0 Å². The third-order valence-corrected chi connectivity index (χ3v) is 2.07. The molecule has 2 rings (SSSR count). The zero-order chi connectivity index (χ0) is 10.7. The van der Waals surface area contributed by atoms with E-state index in [1.807, 2.05) is 25.1 Å². The fourth-order valence-corrected chi connectivity index (χ4v) is 1.40. The smallest absolute Gasteiger partial charge is 0.134 e. The van der Waals surface area contributed by atoms with Crippen LogP contribution in [0.2, 0.25) is 0 Å². The Hall–Kier alpha value is -1.90. The third kappa shape index (κ3) is 2.53. The van der Waals surface area contributed by atoms with Crippen LogP contribution in [0.15, 0.2) is 36.5 Å². The van der Waals surface area contributed by atoms with Crippen LogP contribution in [0.4, 0.5) is 11.5 Å². The van der Waals surface area contributed by atoms with Crippen molar-refractivity contribution >= 4 is 11.5 Å². The number of hydrogen-bond acceptors (Lipinski definition) is 3. The molecule has 2 aromatic rings. The van der Waals surface area contributed by atoms with Crippen LogP contribution < -0.4 is 5.32 Å². The summed E-state index contributed by atoms with van der Waals surface area (Å²) in [4.78, 5) is 8.32. The van der Waals surface area contributed by atoms with Crippen LogP contribution in [-0.2, 0) is 0 Å². The van der Waals surface area contributed by atoms with Crippen molar-refractivity contribution in [1.29, 1.82) is 0 Å². The number of benzene rings is 1. The molecule has 0 radical (unpaired) electrons. The first-order chi connectivity index (χ1) is 7.24. The van der Waals surface area contributed by atoms with Crippen LogP contribution in [0.3, 0.4) is 0 Å². The molecule has 0 unspecified atom stereocenters. The van der Waals surface area contributed by atoms with Gasteiger partial charge in [-0.15, -0.1) is 0 Å². The predicted molar refractivity (Wildman–Crippen MR) is 61.2 cm³/mol. The maximum Gasteiger partial charge on any atom is 0.134 e. The van der Waals surface area contributed by atoms with Gasteiger partial charge in [-0.3, -0.25) is 0 Å². The summed E-state index contributed by atoms with van der Waals surface area (Å²) >= 11 is 0. The maximum atomic E-state index is 4.28. The van der Waals surface area contributed by atoms with E-state index in [-0.39, 0.29) is 0 Å². The molecular formula is C12H13N3. The van der Waals surface area contributed by atoms with Gasteiger partial charge in [-0.25, -0.2) is 9.97 Å². The van der Waals surface area contributed by atoms with Gasteiger partial charge in [-0.05, 0) is 37.6 Å². The molecule has 1 heterocycles. The Balaban J connectivity index is 2.22. The van der Waals surface area contributed by atoms with E-state index in [0.29, 0.717) is 0 Å². The lowest BCUT2D eigenvalue weighted by Gasteiger charge is -2.06. The van der Waals surface area contributed by atoms with Gasteiger partial charge in [-0.2, -0.15) is 0 Å². The standard InChI is InChI=1S/C12H13N3/c1-9-4-3-5-11(8-9)15-12-6-7-13-10(2)14-12/h3-8H,1-2H3,(H,13,14,15). The molecule has 15 heavy (non-hydrogen) atoms. The van der Waals surface area contributed by atoms with Crippen LogP contribution in [0.5, 0.6) is 0 Å². The van der Waals surface area contributed by atoms with Gasteiger partial charge in [0.25, 0.3) is 0 Å². The third-order valence-electron chi connectivity index (χ3n) is 2.07. The second-order valence-corrected chi connectivity index (χ2v) is 3.48. The Kier molecular flexibility index (Phi) is 2.63. The molecule has 0 saturated heterocycles. The van der Waals surface area contributed by atoms with E-state index in [9.17, 15) is 0 Å². The highest BCUT2D eigenvalue weighted by Crippen LogP contribution is 2.14. The van der Waals surface area contributed by atoms with Crippen molar-refractivity contribution in [2.24, 2.45) is 0 Å². The Labute approximate surface area is 89.2 Å². The van der Waals surface area contributed by atoms with E-state index in [2.05, 4.69) is 34.3 Å². The molecule has 3 nitrogen and oxygen atoms in total. The average molecular weight is 199 g/mol. The molecule has 0 amide bonds. The summed E-state index contributed by atoms with van der Waals surface area (Å²) in [6, 6.07) is 10.0. The van der Waals surface area contributed by atoms with Crippen LogP contribution >= 0.6 is 0 Å². The van der Waals surface area contributed by atoms with Crippen molar-refractivity contribution < 1.29 is 0 Å². The van der Waals surface area contributed by atoms with Gasteiger partial charge in [0.2, 0.25) is 0 Å². The van der Waals surface area contributed by atoms with Crippen molar-refractivity contribution in [1.82, 2.24) is 9.97 Å². The SMILES string of the molecule is Cc1cccc(Nc2ccnc(C)n2)c1. The molecule has 1 N–H and O–H groups in total. The summed E-state index contributed by atoms with van der Waals surface area (Å²) in [5, 5.41) is 3.23. The lowest BCUT2D eigenvalue weighted by atomic mass is 10.2. The molecule has 1 aromatic carbocycles. The lowest BCUT2D eigenvalue weighted by Crippen LogP contribution is -1.96. The summed E-state index contributed by atoms with van der Waals surface area (Å²) in [7, 11) is 0. The summed E-state index contributed by atoms with van der Waals surface area (Å²) in [6.07, 6.45) is 1.75. The quantitative estimate of drug-likeness (QED) is 0.808. The average Bonchev–Trinajstić information content (AvgIpc) is 2.17. The molecule has 76 valence electrons. The molecule has 3 heteroatoms. The highest BCUT2D eigenvalue weighted by molar-refractivity contribution is 5.56. The van der Waals surface area contributed by atoms with E-state index in [4.69, 9.17) is 0 Å². The number of aromatic nitrogens is 2. The van der Waals surface area contributed by atoms with Crippen LogP contribution in [0.25, 0.3) is 0 Å². The number of hydrogen-bond donors (Lipinski definition) is 1. The van der Waals surface area contributed by atoms with Crippen LogP contribution in [0.1, 0.15) is 11.4 Å².